The summed E-state index contributed by atoms with van der Waals surface area (Å²) in [7, 11) is 0. The second kappa shape index (κ2) is 5.70. The Hall–Kier alpha value is -1.41. The van der Waals surface area contributed by atoms with Crippen molar-refractivity contribution >= 4 is 10.9 Å². The van der Waals surface area contributed by atoms with Crippen LogP contribution in [-0.2, 0) is 6.42 Å². The van der Waals surface area contributed by atoms with E-state index in [0.717, 1.165) is 18.9 Å². The maximum Gasteiger partial charge on any atom is 0.0733 e. The monoisotopic (exact) mass is 254 g/mol. The lowest BCUT2D eigenvalue weighted by atomic mass is 10.00. The van der Waals surface area contributed by atoms with Gasteiger partial charge in [0.05, 0.1) is 5.52 Å². The number of nitrogens with one attached hydrogen (secondary N) is 1. The largest absolute Gasteiger partial charge is 0.314 e. The van der Waals surface area contributed by atoms with Crippen molar-refractivity contribution in [3.63, 3.8) is 0 Å². The molecule has 1 N–H and O–H groups in total. The number of hydrogen-bond acceptors (Lipinski definition) is 2. The summed E-state index contributed by atoms with van der Waals surface area (Å²) in [6, 6.07) is 11.4. The Morgan fingerprint density at radius 3 is 2.89 bits per heavy atom. The predicted molar refractivity (Wildman–Crippen MR) is 80.3 cm³/mol. The summed E-state index contributed by atoms with van der Waals surface area (Å²) < 4.78 is 0. The first-order valence-electron chi connectivity index (χ1n) is 7.44. The third-order valence-electron chi connectivity index (χ3n) is 4.10. The van der Waals surface area contributed by atoms with Crippen molar-refractivity contribution in [1.29, 1.82) is 0 Å². The predicted octanol–water partition coefficient (Wildman–Crippen LogP) is 3.56. The molecule has 2 aromatic rings. The van der Waals surface area contributed by atoms with Crippen LogP contribution in [0.4, 0.5) is 0 Å². The van der Waals surface area contributed by atoms with E-state index in [4.69, 9.17) is 0 Å². The molecular weight excluding hydrogens is 232 g/mol. The number of pyridine rings is 1. The summed E-state index contributed by atoms with van der Waals surface area (Å²) in [5.41, 5.74) is 2.57. The Labute approximate surface area is 115 Å². The molecule has 0 aliphatic heterocycles. The Balaban J connectivity index is 1.74. The summed E-state index contributed by atoms with van der Waals surface area (Å²) in [6.45, 7) is 3.28. The fourth-order valence-electron chi connectivity index (χ4n) is 2.95. The number of nitrogens with zero attached hydrogens (tertiary/aromatic N) is 1. The minimum absolute atomic E-state index is 0.698. The number of rotatable bonds is 6. The van der Waals surface area contributed by atoms with E-state index in [2.05, 4.69) is 41.5 Å². The molecule has 1 unspecified atom stereocenters. The fourth-order valence-corrected chi connectivity index (χ4v) is 2.95. The molecule has 0 amide bonds. The Bertz CT molecular complexity index is 540. The molecule has 1 heterocycles. The van der Waals surface area contributed by atoms with Crippen LogP contribution in [0.3, 0.4) is 0 Å². The first kappa shape index (κ1) is 12.6. The minimum atomic E-state index is 0.698. The molecule has 100 valence electrons. The van der Waals surface area contributed by atoms with E-state index in [1.54, 1.807) is 0 Å². The van der Waals surface area contributed by atoms with Crippen molar-refractivity contribution in [1.82, 2.24) is 10.3 Å². The van der Waals surface area contributed by atoms with Gasteiger partial charge in [-0.1, -0.05) is 31.2 Å². The van der Waals surface area contributed by atoms with Gasteiger partial charge in [-0.05, 0) is 49.8 Å². The van der Waals surface area contributed by atoms with Crippen LogP contribution >= 0.6 is 0 Å². The molecule has 1 saturated carbocycles. The summed E-state index contributed by atoms with van der Waals surface area (Å²) in [5, 5.41) is 4.90. The van der Waals surface area contributed by atoms with Gasteiger partial charge in [-0.15, -0.1) is 0 Å². The van der Waals surface area contributed by atoms with Gasteiger partial charge in [0, 0.05) is 17.6 Å². The number of benzene rings is 1. The molecule has 1 aromatic heterocycles. The van der Waals surface area contributed by atoms with Crippen LogP contribution in [0.2, 0.25) is 0 Å². The second-order valence-electron chi connectivity index (χ2n) is 5.53. The first-order valence-corrected chi connectivity index (χ1v) is 7.44. The molecule has 1 fully saturated rings. The molecular formula is C17H22N2. The summed E-state index contributed by atoms with van der Waals surface area (Å²) in [4.78, 5) is 4.55. The van der Waals surface area contributed by atoms with Crippen LogP contribution < -0.4 is 5.32 Å². The second-order valence-corrected chi connectivity index (χ2v) is 5.53. The average Bonchev–Trinajstić information content (AvgIpc) is 3.28. The van der Waals surface area contributed by atoms with Crippen molar-refractivity contribution in [3.8, 4) is 0 Å². The number of para-hydroxylation sites is 1. The minimum Gasteiger partial charge on any atom is -0.314 e. The zero-order valence-corrected chi connectivity index (χ0v) is 11.6. The molecule has 1 aliphatic rings. The highest BCUT2D eigenvalue weighted by Gasteiger charge is 2.30. The lowest BCUT2D eigenvalue weighted by molar-refractivity contribution is 0.446. The molecule has 3 rings (SSSR count). The van der Waals surface area contributed by atoms with Gasteiger partial charge in [0.25, 0.3) is 0 Å². The van der Waals surface area contributed by atoms with Gasteiger partial charge in [0.2, 0.25) is 0 Å². The Morgan fingerprint density at radius 1 is 1.26 bits per heavy atom. The molecule has 19 heavy (non-hydrogen) atoms. The average molecular weight is 254 g/mol. The molecule has 2 nitrogen and oxygen atoms in total. The van der Waals surface area contributed by atoms with E-state index < -0.39 is 0 Å². The Kier molecular flexibility index (Phi) is 3.79. The van der Waals surface area contributed by atoms with Crippen LogP contribution in [0.5, 0.6) is 0 Å². The van der Waals surface area contributed by atoms with Gasteiger partial charge in [-0.2, -0.15) is 0 Å². The highest BCUT2D eigenvalue weighted by atomic mass is 14.9. The van der Waals surface area contributed by atoms with E-state index in [1.165, 1.54) is 35.7 Å². The molecule has 1 aliphatic carbocycles. The van der Waals surface area contributed by atoms with E-state index in [0.29, 0.717) is 6.04 Å². The van der Waals surface area contributed by atoms with Gasteiger partial charge in [-0.3, -0.25) is 4.98 Å². The van der Waals surface area contributed by atoms with Gasteiger partial charge in [0.15, 0.2) is 0 Å². The zero-order chi connectivity index (χ0) is 13.1. The van der Waals surface area contributed by atoms with E-state index in [1.807, 2.05) is 12.3 Å². The van der Waals surface area contributed by atoms with Crippen LogP contribution in [0, 0.1) is 5.92 Å². The maximum absolute atomic E-state index is 4.55. The zero-order valence-electron chi connectivity index (χ0n) is 11.6. The maximum atomic E-state index is 4.55. The summed E-state index contributed by atoms with van der Waals surface area (Å²) in [6.07, 6.45) is 7.07. The van der Waals surface area contributed by atoms with Crippen LogP contribution in [0.15, 0.2) is 36.5 Å². The van der Waals surface area contributed by atoms with Crippen LogP contribution in [0.25, 0.3) is 10.9 Å². The molecule has 0 saturated heterocycles. The van der Waals surface area contributed by atoms with Crippen molar-refractivity contribution in [2.24, 2.45) is 5.92 Å². The van der Waals surface area contributed by atoms with Crippen molar-refractivity contribution in [2.45, 2.75) is 38.6 Å². The van der Waals surface area contributed by atoms with Crippen molar-refractivity contribution < 1.29 is 0 Å². The third kappa shape index (κ3) is 2.95. The number of fused-ring (bicyclic) bond motifs is 1. The molecule has 0 spiro atoms. The summed E-state index contributed by atoms with van der Waals surface area (Å²) >= 11 is 0. The van der Waals surface area contributed by atoms with E-state index >= 15 is 0 Å². The van der Waals surface area contributed by atoms with Gasteiger partial charge < -0.3 is 5.32 Å². The number of hydrogen-bond donors (Lipinski definition) is 1. The fraction of sp³-hybridized carbons (Fsp3) is 0.471. The van der Waals surface area contributed by atoms with Crippen LogP contribution in [0.1, 0.15) is 31.7 Å². The molecule has 2 heteroatoms. The first-order chi connectivity index (χ1) is 9.38. The van der Waals surface area contributed by atoms with Gasteiger partial charge >= 0.3 is 0 Å². The lowest BCUT2D eigenvalue weighted by Crippen LogP contribution is -2.31. The van der Waals surface area contributed by atoms with E-state index in [9.17, 15) is 0 Å². The normalized spacial score (nSPS) is 16.7. The quantitative estimate of drug-likeness (QED) is 0.852. The molecule has 0 radical (unpaired) electrons. The standard InChI is InChI=1S/C17H22N2/c1-2-18-16(13-8-9-13)11-10-15-6-3-5-14-7-4-12-19-17(14)15/h3-7,12-13,16,18H,2,8-11H2,1H3. The van der Waals surface area contributed by atoms with Gasteiger partial charge in [-0.25, -0.2) is 0 Å². The van der Waals surface area contributed by atoms with E-state index in [-0.39, 0.29) is 0 Å². The van der Waals surface area contributed by atoms with Crippen molar-refractivity contribution in [3.05, 3.63) is 42.1 Å². The van der Waals surface area contributed by atoms with Crippen molar-refractivity contribution in [2.75, 3.05) is 6.54 Å². The highest BCUT2D eigenvalue weighted by molar-refractivity contribution is 5.81. The topological polar surface area (TPSA) is 24.9 Å². The SMILES string of the molecule is CCNC(CCc1cccc2cccnc12)C1CC1. The van der Waals surface area contributed by atoms with Crippen LogP contribution in [-0.4, -0.2) is 17.6 Å². The molecule has 0 bridgehead atoms. The highest BCUT2D eigenvalue weighted by Crippen LogP contribution is 2.34. The number of aryl methyl sites for hydroxylation is 1. The molecule has 1 atom stereocenters. The molecule has 1 aromatic carbocycles. The van der Waals surface area contributed by atoms with Gasteiger partial charge in [0.1, 0.15) is 0 Å². The third-order valence-corrected chi connectivity index (χ3v) is 4.10. The lowest BCUT2D eigenvalue weighted by Gasteiger charge is -2.17. The Morgan fingerprint density at radius 2 is 2.11 bits per heavy atom. The summed E-state index contributed by atoms with van der Waals surface area (Å²) in [5.74, 6) is 0.919. The number of aromatic nitrogens is 1. The smallest absolute Gasteiger partial charge is 0.0733 e.